The van der Waals surface area contributed by atoms with Crippen LogP contribution in [0.4, 0.5) is 0 Å². The average molecular weight is 466 g/mol. The van der Waals surface area contributed by atoms with E-state index in [1.807, 2.05) is 24.3 Å². The van der Waals surface area contributed by atoms with Gasteiger partial charge in [0, 0.05) is 18.1 Å². The van der Waals surface area contributed by atoms with Gasteiger partial charge in [-0.15, -0.1) is 0 Å². The van der Waals surface area contributed by atoms with E-state index < -0.39 is 6.04 Å². The number of furan rings is 1. The van der Waals surface area contributed by atoms with Crippen molar-refractivity contribution < 1.29 is 32.9 Å². The SMILES string of the molecule is COc1ccc(C2=NN(C(=O)c3ccco3)C(c3cc(OC)c(OC)c(OC)c3)C2)c(OC)c1. The highest BCUT2D eigenvalue weighted by atomic mass is 16.5. The quantitative estimate of drug-likeness (QED) is 0.488. The van der Waals surface area contributed by atoms with E-state index in [1.165, 1.54) is 11.3 Å². The smallest absolute Gasteiger partial charge is 0.310 e. The van der Waals surface area contributed by atoms with Crippen LogP contribution >= 0.6 is 0 Å². The molecule has 1 aliphatic heterocycles. The molecule has 0 aliphatic carbocycles. The number of rotatable bonds is 8. The van der Waals surface area contributed by atoms with Crippen molar-refractivity contribution in [1.29, 1.82) is 0 Å². The van der Waals surface area contributed by atoms with E-state index in [-0.39, 0.29) is 11.7 Å². The Hall–Kier alpha value is -4.14. The van der Waals surface area contributed by atoms with Gasteiger partial charge < -0.3 is 28.1 Å². The van der Waals surface area contributed by atoms with Crippen LogP contribution in [0.1, 0.15) is 34.1 Å². The molecule has 0 N–H and O–H groups in total. The lowest BCUT2D eigenvalue weighted by Crippen LogP contribution is -2.26. The summed E-state index contributed by atoms with van der Waals surface area (Å²) >= 11 is 0. The first-order valence-corrected chi connectivity index (χ1v) is 10.5. The lowest BCUT2D eigenvalue weighted by molar-refractivity contribution is 0.0678. The van der Waals surface area contributed by atoms with Gasteiger partial charge in [-0.1, -0.05) is 0 Å². The third-order valence-corrected chi connectivity index (χ3v) is 5.64. The highest BCUT2D eigenvalue weighted by Gasteiger charge is 2.36. The van der Waals surface area contributed by atoms with Crippen LogP contribution in [0.3, 0.4) is 0 Å². The highest BCUT2D eigenvalue weighted by molar-refractivity contribution is 6.06. The lowest BCUT2D eigenvalue weighted by Gasteiger charge is -2.23. The Labute approximate surface area is 197 Å². The summed E-state index contributed by atoms with van der Waals surface area (Å²) in [5.74, 6) is 2.50. The second kappa shape index (κ2) is 9.78. The predicted octanol–water partition coefficient (Wildman–Crippen LogP) is 4.31. The molecule has 2 heterocycles. The largest absolute Gasteiger partial charge is 0.497 e. The zero-order valence-corrected chi connectivity index (χ0v) is 19.7. The summed E-state index contributed by atoms with van der Waals surface area (Å²) in [7, 11) is 7.80. The summed E-state index contributed by atoms with van der Waals surface area (Å²) in [5, 5.41) is 6.11. The average Bonchev–Trinajstić information content (AvgIpc) is 3.57. The van der Waals surface area contributed by atoms with Crippen molar-refractivity contribution in [2.24, 2.45) is 5.10 Å². The monoisotopic (exact) mass is 466 g/mol. The predicted molar refractivity (Wildman–Crippen MR) is 124 cm³/mol. The summed E-state index contributed by atoms with van der Waals surface area (Å²) in [6.45, 7) is 0. The third-order valence-electron chi connectivity index (χ3n) is 5.64. The molecule has 9 nitrogen and oxygen atoms in total. The maximum Gasteiger partial charge on any atom is 0.310 e. The number of benzene rings is 2. The molecule has 2 aromatic carbocycles. The Balaban J connectivity index is 1.81. The van der Waals surface area contributed by atoms with Crippen molar-refractivity contribution in [1.82, 2.24) is 5.01 Å². The van der Waals surface area contributed by atoms with E-state index in [0.717, 1.165) is 11.1 Å². The minimum Gasteiger partial charge on any atom is -0.497 e. The summed E-state index contributed by atoms with van der Waals surface area (Å²) in [4.78, 5) is 13.3. The van der Waals surface area contributed by atoms with Gasteiger partial charge >= 0.3 is 5.91 Å². The Bertz CT molecular complexity index is 1180. The zero-order chi connectivity index (χ0) is 24.2. The van der Waals surface area contributed by atoms with E-state index in [1.54, 1.807) is 53.7 Å². The molecular formula is C25H26N2O7. The first kappa shape index (κ1) is 23.0. The molecular weight excluding hydrogens is 440 g/mol. The number of hydrogen-bond acceptors (Lipinski definition) is 8. The molecule has 1 aromatic heterocycles. The second-order valence-electron chi connectivity index (χ2n) is 7.42. The van der Waals surface area contributed by atoms with E-state index >= 15 is 0 Å². The van der Waals surface area contributed by atoms with Gasteiger partial charge in [0.1, 0.15) is 11.5 Å². The molecule has 9 heteroatoms. The van der Waals surface area contributed by atoms with Gasteiger partial charge in [0.15, 0.2) is 17.3 Å². The van der Waals surface area contributed by atoms with Gasteiger partial charge in [0.2, 0.25) is 5.75 Å². The van der Waals surface area contributed by atoms with E-state index in [9.17, 15) is 4.79 Å². The molecule has 4 rings (SSSR count). The molecule has 1 aliphatic rings. The van der Waals surface area contributed by atoms with Crippen molar-refractivity contribution >= 4 is 11.6 Å². The number of amides is 1. The molecule has 1 atom stereocenters. The molecule has 1 unspecified atom stereocenters. The molecule has 0 fully saturated rings. The van der Waals surface area contributed by atoms with Gasteiger partial charge in [-0.25, -0.2) is 5.01 Å². The number of nitrogens with zero attached hydrogens (tertiary/aromatic N) is 2. The van der Waals surface area contributed by atoms with Gasteiger partial charge in [-0.05, 0) is 42.0 Å². The van der Waals surface area contributed by atoms with Crippen LogP contribution < -0.4 is 23.7 Å². The van der Waals surface area contributed by atoms with Gasteiger partial charge in [-0.3, -0.25) is 4.79 Å². The Kier molecular flexibility index (Phi) is 6.62. The van der Waals surface area contributed by atoms with Crippen molar-refractivity contribution in [3.05, 3.63) is 65.6 Å². The van der Waals surface area contributed by atoms with Crippen molar-refractivity contribution in [3.8, 4) is 28.7 Å². The van der Waals surface area contributed by atoms with Gasteiger partial charge in [0.25, 0.3) is 0 Å². The first-order valence-electron chi connectivity index (χ1n) is 10.5. The normalized spacial score (nSPS) is 15.0. The van der Waals surface area contributed by atoms with Crippen LogP contribution in [0.5, 0.6) is 28.7 Å². The summed E-state index contributed by atoms with van der Waals surface area (Å²) < 4.78 is 32.7. The topological polar surface area (TPSA) is 92.0 Å². The Morgan fingerprint density at radius 2 is 1.62 bits per heavy atom. The number of hydrogen-bond donors (Lipinski definition) is 0. The molecule has 0 saturated carbocycles. The molecule has 1 amide bonds. The maximum atomic E-state index is 13.3. The zero-order valence-electron chi connectivity index (χ0n) is 19.7. The Morgan fingerprint density at radius 1 is 0.912 bits per heavy atom. The fraction of sp³-hybridized carbons (Fsp3) is 0.280. The number of ether oxygens (including phenoxy) is 5. The third kappa shape index (κ3) is 4.12. The first-order chi connectivity index (χ1) is 16.5. The molecule has 34 heavy (non-hydrogen) atoms. The van der Waals surface area contributed by atoms with Crippen molar-refractivity contribution in [2.45, 2.75) is 12.5 Å². The van der Waals surface area contributed by atoms with E-state index in [0.29, 0.717) is 40.9 Å². The number of methoxy groups -OCH3 is 5. The fourth-order valence-electron chi connectivity index (χ4n) is 3.96. The van der Waals surface area contributed by atoms with Crippen LogP contribution in [0.15, 0.2) is 58.2 Å². The van der Waals surface area contributed by atoms with Crippen LogP contribution in [0.25, 0.3) is 0 Å². The standard InChI is InChI=1S/C25H26N2O7/c1-29-16-8-9-17(21(13-16)30-2)18-14-19(27(26-18)25(28)20-7-6-10-34-20)15-11-22(31-3)24(33-5)23(12-15)32-4/h6-13,19H,14H2,1-5H3. The van der Waals surface area contributed by atoms with Crippen LogP contribution in [0.2, 0.25) is 0 Å². The maximum absolute atomic E-state index is 13.3. The van der Waals surface area contributed by atoms with E-state index in [2.05, 4.69) is 0 Å². The lowest BCUT2D eigenvalue weighted by atomic mass is 9.97. The van der Waals surface area contributed by atoms with Crippen molar-refractivity contribution in [3.63, 3.8) is 0 Å². The van der Waals surface area contributed by atoms with Crippen molar-refractivity contribution in [2.75, 3.05) is 35.5 Å². The molecule has 0 bridgehead atoms. The minimum atomic E-state index is -0.451. The fourth-order valence-corrected chi connectivity index (χ4v) is 3.96. The molecule has 178 valence electrons. The molecule has 0 saturated heterocycles. The Morgan fingerprint density at radius 3 is 2.18 bits per heavy atom. The number of carbonyl (C=O) groups is 1. The second-order valence-corrected chi connectivity index (χ2v) is 7.42. The van der Waals surface area contributed by atoms with E-state index in [4.69, 9.17) is 33.2 Å². The molecule has 0 spiro atoms. The molecule has 3 aromatic rings. The van der Waals surface area contributed by atoms with Crippen LogP contribution in [0, 0.1) is 0 Å². The van der Waals surface area contributed by atoms with Gasteiger partial charge in [0.05, 0.1) is 53.6 Å². The minimum absolute atomic E-state index is 0.184. The highest BCUT2D eigenvalue weighted by Crippen LogP contribution is 2.44. The summed E-state index contributed by atoms with van der Waals surface area (Å²) in [6.07, 6.45) is 1.88. The summed E-state index contributed by atoms with van der Waals surface area (Å²) in [5.41, 5.74) is 2.20. The van der Waals surface area contributed by atoms with Gasteiger partial charge in [-0.2, -0.15) is 5.10 Å². The summed E-state index contributed by atoms with van der Waals surface area (Å²) in [6, 6.07) is 11.9. The number of hydrazone groups is 1. The van der Waals surface area contributed by atoms with Crippen LogP contribution in [-0.2, 0) is 0 Å². The van der Waals surface area contributed by atoms with Crippen LogP contribution in [-0.4, -0.2) is 52.2 Å². The number of carbonyl (C=O) groups excluding carboxylic acids is 1. The molecule has 0 radical (unpaired) electrons.